The Morgan fingerprint density at radius 1 is 1.06 bits per heavy atom. The molecule has 1 aromatic rings. The monoisotopic (exact) mass is 232 g/mol. The second-order valence-corrected chi connectivity index (χ2v) is 4.14. The van der Waals surface area contributed by atoms with Gasteiger partial charge in [0, 0.05) is 19.8 Å². The van der Waals surface area contributed by atoms with Crippen molar-refractivity contribution in [3.8, 4) is 0 Å². The Kier molecular flexibility index (Phi) is 5.17. The van der Waals surface area contributed by atoms with Crippen LogP contribution in [0.5, 0.6) is 0 Å². The van der Waals surface area contributed by atoms with Gasteiger partial charge in [0.1, 0.15) is 0 Å². The molecule has 0 fully saturated rings. The zero-order valence-electron chi connectivity index (χ0n) is 11.2. The molecule has 0 saturated carbocycles. The Hall–Kier alpha value is -1.34. The van der Waals surface area contributed by atoms with E-state index in [0.717, 1.165) is 22.3 Å². The number of rotatable bonds is 4. The average molecular weight is 232 g/mol. The molecule has 0 amide bonds. The molecule has 0 heterocycles. The summed E-state index contributed by atoms with van der Waals surface area (Å²) in [4.78, 5) is 0. The fourth-order valence-corrected chi connectivity index (χ4v) is 1.84. The van der Waals surface area contributed by atoms with Gasteiger partial charge in [0.05, 0.1) is 0 Å². The van der Waals surface area contributed by atoms with Crippen LogP contribution in [0.2, 0.25) is 0 Å². The molecule has 1 rings (SSSR count). The Balaban J connectivity index is 3.30. The van der Waals surface area contributed by atoms with Crippen molar-refractivity contribution < 1.29 is 9.47 Å². The van der Waals surface area contributed by atoms with Crippen LogP contribution < -0.4 is 0 Å². The van der Waals surface area contributed by atoms with E-state index in [1.165, 1.54) is 0 Å². The summed E-state index contributed by atoms with van der Waals surface area (Å²) in [6, 6.07) is 8.08. The Morgan fingerprint density at radius 3 is 2.18 bits per heavy atom. The SMILES string of the molecule is COC(OC)c1ccccc1C(C)=C=C(C)C. The summed E-state index contributed by atoms with van der Waals surface area (Å²) in [7, 11) is 3.29. The maximum absolute atomic E-state index is 5.31. The molecule has 0 saturated heterocycles. The lowest BCUT2D eigenvalue weighted by molar-refractivity contribution is -0.106. The third-order valence-corrected chi connectivity index (χ3v) is 2.48. The number of methoxy groups -OCH3 is 2. The zero-order chi connectivity index (χ0) is 12.8. The molecule has 0 aliphatic rings. The average Bonchev–Trinajstić information content (AvgIpc) is 2.30. The van der Waals surface area contributed by atoms with E-state index in [4.69, 9.17) is 9.47 Å². The maximum Gasteiger partial charge on any atom is 0.183 e. The van der Waals surface area contributed by atoms with E-state index in [-0.39, 0.29) is 6.29 Å². The van der Waals surface area contributed by atoms with Gasteiger partial charge in [-0.25, -0.2) is 0 Å². The van der Waals surface area contributed by atoms with Crippen LogP contribution in [0.3, 0.4) is 0 Å². The molecule has 92 valence electrons. The molecule has 0 bridgehead atoms. The van der Waals surface area contributed by atoms with Gasteiger partial charge in [-0.3, -0.25) is 0 Å². The van der Waals surface area contributed by atoms with Crippen LogP contribution in [0.15, 0.2) is 35.6 Å². The lowest BCUT2D eigenvalue weighted by Gasteiger charge is -2.17. The molecule has 2 nitrogen and oxygen atoms in total. The van der Waals surface area contributed by atoms with E-state index in [2.05, 4.69) is 11.8 Å². The van der Waals surface area contributed by atoms with Crippen LogP contribution in [0.25, 0.3) is 5.57 Å². The highest BCUT2D eigenvalue weighted by Gasteiger charge is 2.13. The van der Waals surface area contributed by atoms with Crippen LogP contribution in [0, 0.1) is 0 Å². The van der Waals surface area contributed by atoms with Crippen LogP contribution in [0.4, 0.5) is 0 Å². The van der Waals surface area contributed by atoms with Crippen molar-refractivity contribution in [1.82, 2.24) is 0 Å². The van der Waals surface area contributed by atoms with Gasteiger partial charge in [-0.2, -0.15) is 0 Å². The molecule has 17 heavy (non-hydrogen) atoms. The Morgan fingerprint density at radius 2 is 1.65 bits per heavy atom. The first-order chi connectivity index (χ1) is 8.10. The predicted octanol–water partition coefficient (Wildman–Crippen LogP) is 3.95. The molecular formula is C15H20O2. The molecule has 0 unspecified atom stereocenters. The molecule has 0 radical (unpaired) electrons. The summed E-state index contributed by atoms with van der Waals surface area (Å²) >= 11 is 0. The van der Waals surface area contributed by atoms with E-state index < -0.39 is 0 Å². The van der Waals surface area contributed by atoms with Crippen LogP contribution >= 0.6 is 0 Å². The topological polar surface area (TPSA) is 18.5 Å². The molecule has 0 aliphatic carbocycles. The highest BCUT2D eigenvalue weighted by Crippen LogP contribution is 2.26. The van der Waals surface area contributed by atoms with E-state index in [1.807, 2.05) is 39.0 Å². The van der Waals surface area contributed by atoms with Gasteiger partial charge >= 0.3 is 0 Å². The summed E-state index contributed by atoms with van der Waals surface area (Å²) in [5, 5.41) is 0. The third kappa shape index (κ3) is 3.57. The van der Waals surface area contributed by atoms with Gasteiger partial charge < -0.3 is 9.47 Å². The van der Waals surface area contributed by atoms with Gasteiger partial charge in [0.15, 0.2) is 6.29 Å². The molecule has 0 N–H and O–H groups in total. The van der Waals surface area contributed by atoms with Gasteiger partial charge in [0.25, 0.3) is 0 Å². The van der Waals surface area contributed by atoms with Crippen molar-refractivity contribution in [3.63, 3.8) is 0 Å². The summed E-state index contributed by atoms with van der Waals surface area (Å²) < 4.78 is 10.6. The number of ether oxygens (including phenoxy) is 2. The maximum atomic E-state index is 5.31. The number of hydrogen-bond donors (Lipinski definition) is 0. The highest BCUT2D eigenvalue weighted by atomic mass is 16.7. The molecule has 0 atom stereocenters. The number of allylic oxidation sites excluding steroid dienone is 1. The first kappa shape index (κ1) is 13.7. The van der Waals surface area contributed by atoms with Gasteiger partial charge in [-0.15, -0.1) is 5.73 Å². The summed E-state index contributed by atoms with van der Waals surface area (Å²) in [6.45, 7) is 6.13. The molecule has 0 aromatic heterocycles. The van der Waals surface area contributed by atoms with E-state index >= 15 is 0 Å². The van der Waals surface area contributed by atoms with Crippen LogP contribution in [-0.4, -0.2) is 14.2 Å². The van der Waals surface area contributed by atoms with E-state index in [9.17, 15) is 0 Å². The first-order valence-electron chi connectivity index (χ1n) is 5.65. The quantitative estimate of drug-likeness (QED) is 0.578. The molecule has 1 aromatic carbocycles. The lowest BCUT2D eigenvalue weighted by atomic mass is 10.0. The van der Waals surface area contributed by atoms with Crippen molar-refractivity contribution in [3.05, 3.63) is 46.7 Å². The first-order valence-corrected chi connectivity index (χ1v) is 5.65. The Bertz CT molecular complexity index is 432. The minimum atomic E-state index is -0.333. The van der Waals surface area contributed by atoms with E-state index in [0.29, 0.717) is 0 Å². The smallest absolute Gasteiger partial charge is 0.183 e. The summed E-state index contributed by atoms with van der Waals surface area (Å²) in [5.74, 6) is 0. The normalized spacial score (nSPS) is 10.2. The van der Waals surface area contributed by atoms with Crippen molar-refractivity contribution in [2.45, 2.75) is 27.1 Å². The fourth-order valence-electron chi connectivity index (χ4n) is 1.84. The lowest BCUT2D eigenvalue weighted by Crippen LogP contribution is -2.06. The zero-order valence-corrected chi connectivity index (χ0v) is 11.2. The second-order valence-electron chi connectivity index (χ2n) is 4.14. The number of hydrogen-bond acceptors (Lipinski definition) is 2. The number of benzene rings is 1. The molecule has 0 spiro atoms. The summed E-state index contributed by atoms with van der Waals surface area (Å²) in [6.07, 6.45) is -0.333. The predicted molar refractivity (Wildman–Crippen MR) is 70.7 cm³/mol. The van der Waals surface area contributed by atoms with Gasteiger partial charge in [-0.1, -0.05) is 24.3 Å². The highest BCUT2D eigenvalue weighted by molar-refractivity contribution is 5.66. The Labute approximate surface area is 104 Å². The van der Waals surface area contributed by atoms with Crippen molar-refractivity contribution >= 4 is 5.57 Å². The molecular weight excluding hydrogens is 212 g/mol. The van der Waals surface area contributed by atoms with Gasteiger partial charge in [0.2, 0.25) is 0 Å². The fraction of sp³-hybridized carbons (Fsp3) is 0.400. The third-order valence-electron chi connectivity index (χ3n) is 2.48. The largest absolute Gasteiger partial charge is 0.352 e. The van der Waals surface area contributed by atoms with E-state index in [1.54, 1.807) is 14.2 Å². The minimum Gasteiger partial charge on any atom is -0.352 e. The standard InChI is InChI=1S/C15H20O2/c1-11(2)10-12(3)13-8-6-7-9-14(13)15(16-4)17-5/h6-9,15H,1-5H3. The summed E-state index contributed by atoms with van der Waals surface area (Å²) in [5.41, 5.74) is 7.72. The van der Waals surface area contributed by atoms with Crippen molar-refractivity contribution in [2.75, 3.05) is 14.2 Å². The van der Waals surface area contributed by atoms with Gasteiger partial charge in [-0.05, 0) is 37.5 Å². The van der Waals surface area contributed by atoms with Crippen LogP contribution in [0.1, 0.15) is 38.2 Å². The van der Waals surface area contributed by atoms with Crippen LogP contribution in [-0.2, 0) is 9.47 Å². The minimum absolute atomic E-state index is 0.333. The molecule has 2 heteroatoms. The van der Waals surface area contributed by atoms with Crippen molar-refractivity contribution in [1.29, 1.82) is 0 Å². The molecule has 0 aliphatic heterocycles. The van der Waals surface area contributed by atoms with Crippen molar-refractivity contribution in [2.24, 2.45) is 0 Å². The second kappa shape index (κ2) is 6.41.